The van der Waals surface area contributed by atoms with Crippen LogP contribution in [0, 0.1) is 24.2 Å². The molecule has 5 heteroatoms. The molecule has 0 saturated carbocycles. The number of carbonyl (C=O) groups is 1. The molecule has 0 bridgehead atoms. The van der Waals surface area contributed by atoms with E-state index in [9.17, 15) is 4.79 Å². The second kappa shape index (κ2) is 7.28. The summed E-state index contributed by atoms with van der Waals surface area (Å²) < 4.78 is 1.88. The van der Waals surface area contributed by atoms with E-state index in [1.54, 1.807) is 19.0 Å². The summed E-state index contributed by atoms with van der Waals surface area (Å²) in [4.78, 5) is 13.8. The molecule has 1 rings (SSSR count). The molecule has 0 aliphatic rings. The minimum atomic E-state index is -0.190. The van der Waals surface area contributed by atoms with E-state index in [1.165, 1.54) is 0 Å². The smallest absolute Gasteiger partial charge is 0.239 e. The third-order valence-electron chi connectivity index (χ3n) is 3.74. The number of aromatic nitrogens is 1. The van der Waals surface area contributed by atoms with Gasteiger partial charge in [0.25, 0.3) is 0 Å². The first-order chi connectivity index (χ1) is 9.77. The number of carbonyl (C=O) groups excluding carboxylic acids is 1. The highest BCUT2D eigenvalue weighted by atomic mass is 16.2. The molecule has 1 aromatic rings. The van der Waals surface area contributed by atoms with Crippen LogP contribution in [0.3, 0.4) is 0 Å². The van der Waals surface area contributed by atoms with Gasteiger partial charge in [-0.2, -0.15) is 5.26 Å². The van der Waals surface area contributed by atoms with Crippen LogP contribution in [-0.4, -0.2) is 35.5 Å². The first kappa shape index (κ1) is 17.3. The molecular formula is C16H26N4O. The van der Waals surface area contributed by atoms with Gasteiger partial charge < -0.3 is 14.8 Å². The summed E-state index contributed by atoms with van der Waals surface area (Å²) in [5.41, 5.74) is 2.76. The van der Waals surface area contributed by atoms with Crippen LogP contribution in [0.5, 0.6) is 0 Å². The molecule has 1 amide bonds. The fourth-order valence-electron chi connectivity index (χ4n) is 2.34. The maximum Gasteiger partial charge on any atom is 0.239 e. The van der Waals surface area contributed by atoms with E-state index in [0.29, 0.717) is 18.2 Å². The predicted octanol–water partition coefficient (Wildman–Crippen LogP) is 1.80. The summed E-state index contributed by atoms with van der Waals surface area (Å²) in [5, 5.41) is 12.4. The number of likely N-dealkylation sites (N-methyl/N-ethyl adjacent to an activating group) is 1. The number of rotatable bonds is 6. The standard InChI is InChI=1S/C16H26N4O/c1-11(2)7-15(16(21)19(4)5)18-10-13-8-14(9-17)20(6)12(13)3/h8,11,15,18H,7,10H2,1-6H3. The van der Waals surface area contributed by atoms with E-state index in [0.717, 1.165) is 17.7 Å². The maximum atomic E-state index is 12.2. The van der Waals surface area contributed by atoms with Crippen molar-refractivity contribution in [2.24, 2.45) is 13.0 Å². The third-order valence-corrected chi connectivity index (χ3v) is 3.74. The van der Waals surface area contributed by atoms with Gasteiger partial charge in [0.15, 0.2) is 0 Å². The van der Waals surface area contributed by atoms with E-state index >= 15 is 0 Å². The fraction of sp³-hybridized carbons (Fsp3) is 0.625. The molecule has 1 atom stereocenters. The Bertz CT molecular complexity index is 537. The molecule has 1 N–H and O–H groups in total. The molecular weight excluding hydrogens is 264 g/mol. The van der Waals surface area contributed by atoms with Gasteiger partial charge in [0.1, 0.15) is 11.8 Å². The Hall–Kier alpha value is -1.80. The SMILES string of the molecule is Cc1c(CNC(CC(C)C)C(=O)N(C)C)cc(C#N)n1C. The Morgan fingerprint density at radius 1 is 1.48 bits per heavy atom. The molecule has 0 saturated heterocycles. The molecule has 1 heterocycles. The molecule has 0 aliphatic carbocycles. The number of nitrogens with zero attached hydrogens (tertiary/aromatic N) is 3. The summed E-state index contributed by atoms with van der Waals surface area (Å²) >= 11 is 0. The van der Waals surface area contributed by atoms with Crippen LogP contribution in [0.1, 0.15) is 37.2 Å². The summed E-state index contributed by atoms with van der Waals surface area (Å²) in [7, 11) is 5.44. The van der Waals surface area contributed by atoms with E-state index in [2.05, 4.69) is 25.2 Å². The Morgan fingerprint density at radius 3 is 2.52 bits per heavy atom. The largest absolute Gasteiger partial charge is 0.347 e. The normalized spacial score (nSPS) is 12.3. The highest BCUT2D eigenvalue weighted by Crippen LogP contribution is 2.14. The number of amides is 1. The molecule has 1 aromatic heterocycles. The molecule has 1 unspecified atom stereocenters. The van der Waals surface area contributed by atoms with Crippen molar-refractivity contribution < 1.29 is 4.79 Å². The van der Waals surface area contributed by atoms with E-state index in [-0.39, 0.29) is 11.9 Å². The average Bonchev–Trinajstić information content (AvgIpc) is 2.69. The predicted molar refractivity (Wildman–Crippen MR) is 83.6 cm³/mol. The lowest BCUT2D eigenvalue weighted by atomic mass is 10.0. The van der Waals surface area contributed by atoms with Gasteiger partial charge in [-0.25, -0.2) is 0 Å². The van der Waals surface area contributed by atoms with Crippen LogP contribution in [0.25, 0.3) is 0 Å². The average molecular weight is 290 g/mol. The van der Waals surface area contributed by atoms with Crippen molar-refractivity contribution in [2.45, 2.75) is 39.8 Å². The number of nitrogens with one attached hydrogen (secondary N) is 1. The molecule has 5 nitrogen and oxygen atoms in total. The highest BCUT2D eigenvalue weighted by molar-refractivity contribution is 5.81. The second-order valence-corrected chi connectivity index (χ2v) is 6.11. The van der Waals surface area contributed by atoms with Gasteiger partial charge >= 0.3 is 0 Å². The Balaban J connectivity index is 2.82. The van der Waals surface area contributed by atoms with Gasteiger partial charge in [0.05, 0.1) is 6.04 Å². The van der Waals surface area contributed by atoms with Gasteiger partial charge in [-0.3, -0.25) is 4.79 Å². The summed E-state index contributed by atoms with van der Waals surface area (Å²) in [6.45, 7) is 6.81. The van der Waals surface area contributed by atoms with Crippen LogP contribution >= 0.6 is 0 Å². The molecule has 0 radical (unpaired) electrons. The zero-order chi connectivity index (χ0) is 16.2. The molecule has 116 valence electrons. The van der Waals surface area contributed by atoms with Gasteiger partial charge in [0, 0.05) is 33.4 Å². The van der Waals surface area contributed by atoms with Crippen LogP contribution in [0.4, 0.5) is 0 Å². The summed E-state index contributed by atoms with van der Waals surface area (Å²) in [5.74, 6) is 0.538. The van der Waals surface area contributed by atoms with Crippen molar-refractivity contribution >= 4 is 5.91 Å². The number of nitriles is 1. The first-order valence-electron chi connectivity index (χ1n) is 7.27. The Labute approximate surface area is 127 Å². The molecule has 0 spiro atoms. The lowest BCUT2D eigenvalue weighted by molar-refractivity contribution is -0.131. The van der Waals surface area contributed by atoms with Crippen molar-refractivity contribution in [2.75, 3.05) is 14.1 Å². The van der Waals surface area contributed by atoms with Crippen molar-refractivity contribution in [1.82, 2.24) is 14.8 Å². The van der Waals surface area contributed by atoms with Crippen molar-refractivity contribution in [3.05, 3.63) is 23.0 Å². The van der Waals surface area contributed by atoms with E-state index in [1.807, 2.05) is 24.6 Å². The van der Waals surface area contributed by atoms with Gasteiger partial charge in [-0.15, -0.1) is 0 Å². The number of hydrogen-bond donors (Lipinski definition) is 1. The van der Waals surface area contributed by atoms with Crippen LogP contribution < -0.4 is 5.32 Å². The monoisotopic (exact) mass is 290 g/mol. The molecule has 0 fully saturated rings. The minimum Gasteiger partial charge on any atom is -0.347 e. The lowest BCUT2D eigenvalue weighted by Gasteiger charge is -2.23. The first-order valence-corrected chi connectivity index (χ1v) is 7.27. The fourth-order valence-corrected chi connectivity index (χ4v) is 2.34. The topological polar surface area (TPSA) is 61.1 Å². The highest BCUT2D eigenvalue weighted by Gasteiger charge is 2.21. The summed E-state index contributed by atoms with van der Waals surface area (Å²) in [6.07, 6.45) is 0.800. The van der Waals surface area contributed by atoms with Gasteiger partial charge in [-0.1, -0.05) is 13.8 Å². The Kier molecular flexibility index (Phi) is 5.98. The van der Waals surface area contributed by atoms with Crippen LogP contribution in [-0.2, 0) is 18.4 Å². The Morgan fingerprint density at radius 2 is 2.10 bits per heavy atom. The van der Waals surface area contributed by atoms with Crippen molar-refractivity contribution in [1.29, 1.82) is 5.26 Å². The maximum absolute atomic E-state index is 12.2. The van der Waals surface area contributed by atoms with E-state index < -0.39 is 0 Å². The van der Waals surface area contributed by atoms with Crippen molar-refractivity contribution in [3.63, 3.8) is 0 Å². The van der Waals surface area contributed by atoms with Crippen LogP contribution in [0.15, 0.2) is 6.07 Å². The van der Waals surface area contributed by atoms with Gasteiger partial charge in [0.2, 0.25) is 5.91 Å². The zero-order valence-electron chi connectivity index (χ0n) is 13.9. The van der Waals surface area contributed by atoms with Crippen LogP contribution in [0.2, 0.25) is 0 Å². The molecule has 0 aliphatic heterocycles. The quantitative estimate of drug-likeness (QED) is 0.869. The van der Waals surface area contributed by atoms with Crippen molar-refractivity contribution in [3.8, 4) is 6.07 Å². The summed E-state index contributed by atoms with van der Waals surface area (Å²) in [6, 6.07) is 3.87. The van der Waals surface area contributed by atoms with E-state index in [4.69, 9.17) is 5.26 Å². The molecule has 21 heavy (non-hydrogen) atoms. The minimum absolute atomic E-state index is 0.0952. The lowest BCUT2D eigenvalue weighted by Crippen LogP contribution is -2.44. The molecule has 0 aromatic carbocycles. The number of hydrogen-bond acceptors (Lipinski definition) is 3. The van der Waals surface area contributed by atoms with Gasteiger partial charge in [-0.05, 0) is 30.9 Å². The zero-order valence-corrected chi connectivity index (χ0v) is 13.9. The second-order valence-electron chi connectivity index (χ2n) is 6.11. The third kappa shape index (κ3) is 4.33.